The number of rotatable bonds is 3. The molecule has 0 aromatic heterocycles. The zero-order valence-electron chi connectivity index (χ0n) is 5.44. The molecule has 7 heteroatoms. The van der Waals surface area contributed by atoms with Gasteiger partial charge < -0.3 is 10.5 Å². The van der Waals surface area contributed by atoms with Gasteiger partial charge in [0.1, 0.15) is 12.5 Å². The second-order valence-corrected chi connectivity index (χ2v) is 2.55. The Bertz CT molecular complexity index is 138. The summed E-state index contributed by atoms with van der Waals surface area (Å²) < 4.78 is 38.2. The lowest BCUT2D eigenvalue weighted by Gasteiger charge is -2.05. The molecule has 66 valence electrons. The van der Waals surface area contributed by atoms with Crippen LogP contribution in [0.25, 0.3) is 0 Å². The van der Waals surface area contributed by atoms with Crippen LogP contribution in [-0.2, 0) is 4.74 Å². The van der Waals surface area contributed by atoms with Crippen LogP contribution in [0.15, 0.2) is 0 Å². The smallest absolute Gasteiger partial charge is 0.379 e. The van der Waals surface area contributed by atoms with Crippen LogP contribution < -0.4 is 5.73 Å². The Morgan fingerprint density at radius 1 is 1.55 bits per heavy atom. The molecule has 0 spiro atoms. The van der Waals surface area contributed by atoms with Crippen molar-refractivity contribution in [3.05, 3.63) is 0 Å². The Hall–Kier alpha value is -0.430. The standard InChI is InChI=1S/C4H7F3N2OS/c5-4(6,7)1-10-2-11-3(8)9/h1-2H2,(H3,8,9). The van der Waals surface area contributed by atoms with Crippen LogP contribution in [0.3, 0.4) is 0 Å². The summed E-state index contributed by atoms with van der Waals surface area (Å²) in [5.41, 5.74) is 4.83. The minimum absolute atomic E-state index is 0.241. The first-order valence-corrected chi connectivity index (χ1v) is 3.51. The van der Waals surface area contributed by atoms with E-state index in [1.54, 1.807) is 0 Å². The highest BCUT2D eigenvalue weighted by Crippen LogP contribution is 2.15. The van der Waals surface area contributed by atoms with E-state index in [1.807, 2.05) is 0 Å². The van der Waals surface area contributed by atoms with Gasteiger partial charge in [-0.25, -0.2) is 0 Å². The molecule has 11 heavy (non-hydrogen) atoms. The van der Waals surface area contributed by atoms with Crippen molar-refractivity contribution in [3.63, 3.8) is 0 Å². The van der Waals surface area contributed by atoms with Crippen LogP contribution in [0.1, 0.15) is 0 Å². The summed E-state index contributed by atoms with van der Waals surface area (Å²) in [4.78, 5) is 0. The summed E-state index contributed by atoms with van der Waals surface area (Å²) in [6, 6.07) is 0. The first-order chi connectivity index (χ1) is 4.92. The normalized spacial score (nSPS) is 11.5. The third kappa shape index (κ3) is 9.57. The molecule has 0 aromatic carbocycles. The van der Waals surface area contributed by atoms with Crippen LogP contribution in [-0.4, -0.2) is 23.9 Å². The van der Waals surface area contributed by atoms with Crippen LogP contribution in [0, 0.1) is 5.41 Å². The van der Waals surface area contributed by atoms with Crippen molar-refractivity contribution in [3.8, 4) is 0 Å². The number of nitrogens with one attached hydrogen (secondary N) is 1. The number of thioether (sulfide) groups is 1. The molecule has 0 saturated heterocycles. The fourth-order valence-corrected chi connectivity index (χ4v) is 0.556. The van der Waals surface area contributed by atoms with Crippen molar-refractivity contribution in [2.45, 2.75) is 6.18 Å². The van der Waals surface area contributed by atoms with Crippen molar-refractivity contribution < 1.29 is 17.9 Å². The molecule has 0 aromatic rings. The lowest BCUT2D eigenvalue weighted by atomic mass is 10.7. The quantitative estimate of drug-likeness (QED) is 0.302. The predicted octanol–water partition coefficient (Wildman–Crippen LogP) is 1.15. The molecule has 3 nitrogen and oxygen atoms in total. The third-order valence-corrected chi connectivity index (χ3v) is 1.16. The van der Waals surface area contributed by atoms with Gasteiger partial charge in [-0.3, -0.25) is 5.41 Å². The molecule has 0 radical (unpaired) electrons. The fourth-order valence-electron chi connectivity index (χ4n) is 0.263. The molecule has 0 fully saturated rings. The topological polar surface area (TPSA) is 59.1 Å². The predicted molar refractivity (Wildman–Crippen MR) is 36.4 cm³/mol. The molecule has 0 unspecified atom stereocenters. The van der Waals surface area contributed by atoms with Gasteiger partial charge in [0.25, 0.3) is 0 Å². The van der Waals surface area contributed by atoms with Crippen LogP contribution >= 0.6 is 11.8 Å². The lowest BCUT2D eigenvalue weighted by Crippen LogP contribution is -2.17. The Balaban J connectivity index is 3.22. The summed E-state index contributed by atoms with van der Waals surface area (Å²) in [5, 5.41) is 6.35. The second kappa shape index (κ2) is 4.45. The van der Waals surface area contributed by atoms with E-state index in [0.29, 0.717) is 11.8 Å². The van der Waals surface area contributed by atoms with Gasteiger partial charge in [0.2, 0.25) is 0 Å². The van der Waals surface area contributed by atoms with E-state index in [0.717, 1.165) is 0 Å². The van der Waals surface area contributed by atoms with Gasteiger partial charge in [-0.2, -0.15) is 13.2 Å². The lowest BCUT2D eigenvalue weighted by molar-refractivity contribution is -0.168. The number of amidine groups is 1. The van der Waals surface area contributed by atoms with E-state index in [9.17, 15) is 13.2 Å². The fraction of sp³-hybridized carbons (Fsp3) is 0.750. The monoisotopic (exact) mass is 188 g/mol. The van der Waals surface area contributed by atoms with Crippen molar-refractivity contribution in [2.75, 3.05) is 12.5 Å². The summed E-state index contributed by atoms with van der Waals surface area (Å²) in [6.07, 6.45) is -4.31. The van der Waals surface area contributed by atoms with Crippen molar-refractivity contribution in [1.29, 1.82) is 5.41 Å². The zero-order chi connectivity index (χ0) is 8.91. The molecule has 0 aliphatic rings. The number of ether oxygens (including phenoxy) is 1. The molecular weight excluding hydrogens is 181 g/mol. The zero-order valence-corrected chi connectivity index (χ0v) is 6.26. The van der Waals surface area contributed by atoms with E-state index in [2.05, 4.69) is 4.74 Å². The minimum Gasteiger partial charge on any atom is -0.379 e. The number of hydrogen-bond acceptors (Lipinski definition) is 3. The molecular formula is C4H7F3N2OS. The van der Waals surface area contributed by atoms with E-state index >= 15 is 0 Å². The molecule has 0 saturated carbocycles. The average molecular weight is 188 g/mol. The van der Waals surface area contributed by atoms with E-state index in [4.69, 9.17) is 11.1 Å². The Morgan fingerprint density at radius 2 is 2.09 bits per heavy atom. The maximum absolute atomic E-state index is 11.4. The second-order valence-electron chi connectivity index (χ2n) is 1.59. The van der Waals surface area contributed by atoms with Crippen LogP contribution in [0.2, 0.25) is 0 Å². The van der Waals surface area contributed by atoms with E-state index in [-0.39, 0.29) is 11.1 Å². The molecule has 0 aliphatic heterocycles. The average Bonchev–Trinajstić information content (AvgIpc) is 1.78. The van der Waals surface area contributed by atoms with Gasteiger partial charge >= 0.3 is 6.18 Å². The van der Waals surface area contributed by atoms with Gasteiger partial charge in [0.05, 0.1) is 0 Å². The molecule has 0 amide bonds. The highest BCUT2D eigenvalue weighted by atomic mass is 32.2. The van der Waals surface area contributed by atoms with Crippen molar-refractivity contribution in [2.24, 2.45) is 5.73 Å². The van der Waals surface area contributed by atoms with E-state index in [1.165, 1.54) is 0 Å². The summed E-state index contributed by atoms with van der Waals surface area (Å²) in [6.45, 7) is -1.30. The summed E-state index contributed by atoms with van der Waals surface area (Å²) >= 11 is 0.711. The molecule has 3 N–H and O–H groups in total. The molecule has 0 rings (SSSR count). The Morgan fingerprint density at radius 3 is 2.45 bits per heavy atom. The van der Waals surface area contributed by atoms with Crippen LogP contribution in [0.5, 0.6) is 0 Å². The SMILES string of the molecule is N=C(N)SCOCC(F)(F)F. The van der Waals surface area contributed by atoms with Gasteiger partial charge in [-0.15, -0.1) is 0 Å². The highest BCUT2D eigenvalue weighted by molar-refractivity contribution is 8.13. The van der Waals surface area contributed by atoms with Crippen LogP contribution in [0.4, 0.5) is 13.2 Å². The number of nitrogens with two attached hydrogens (primary N) is 1. The van der Waals surface area contributed by atoms with Gasteiger partial charge in [-0.05, 0) is 0 Å². The van der Waals surface area contributed by atoms with Crippen molar-refractivity contribution in [1.82, 2.24) is 0 Å². The number of halogens is 3. The van der Waals surface area contributed by atoms with E-state index < -0.39 is 12.8 Å². The molecule has 0 atom stereocenters. The Kier molecular flexibility index (Phi) is 4.27. The third-order valence-electron chi connectivity index (χ3n) is 0.563. The highest BCUT2D eigenvalue weighted by Gasteiger charge is 2.27. The van der Waals surface area contributed by atoms with Gasteiger partial charge in [0.15, 0.2) is 5.17 Å². The maximum Gasteiger partial charge on any atom is 0.411 e. The number of hydrogen-bond donors (Lipinski definition) is 2. The van der Waals surface area contributed by atoms with Crippen molar-refractivity contribution >= 4 is 16.9 Å². The maximum atomic E-state index is 11.4. The van der Waals surface area contributed by atoms with Gasteiger partial charge in [-0.1, -0.05) is 11.8 Å². The Labute approximate surface area is 65.6 Å². The summed E-state index contributed by atoms with van der Waals surface area (Å²) in [5.74, 6) is -0.241. The van der Waals surface area contributed by atoms with Gasteiger partial charge in [0, 0.05) is 0 Å². The summed E-state index contributed by atoms with van der Waals surface area (Å²) in [7, 11) is 0. The minimum atomic E-state index is -4.31. The molecule has 0 heterocycles. The first kappa shape index (κ1) is 10.6. The number of alkyl halides is 3. The first-order valence-electron chi connectivity index (χ1n) is 2.53. The largest absolute Gasteiger partial charge is 0.411 e. The molecule has 0 bridgehead atoms. The molecule has 0 aliphatic carbocycles.